The molecule has 1 aromatic carbocycles. The van der Waals surface area contributed by atoms with E-state index in [0.717, 1.165) is 43.8 Å². The molecule has 1 aliphatic heterocycles. The summed E-state index contributed by atoms with van der Waals surface area (Å²) in [7, 11) is 0. The maximum atomic E-state index is 12.9. The maximum absolute atomic E-state index is 12.9. The molecule has 2 nitrogen and oxygen atoms in total. The lowest BCUT2D eigenvalue weighted by molar-refractivity contribution is 0.0717. The van der Waals surface area contributed by atoms with Gasteiger partial charge >= 0.3 is 0 Å². The van der Waals surface area contributed by atoms with Crippen molar-refractivity contribution in [1.82, 2.24) is 5.32 Å². The van der Waals surface area contributed by atoms with Crippen molar-refractivity contribution in [2.45, 2.75) is 51.4 Å². The van der Waals surface area contributed by atoms with Crippen LogP contribution in [0.2, 0.25) is 0 Å². The molecule has 0 radical (unpaired) electrons. The summed E-state index contributed by atoms with van der Waals surface area (Å²) in [5, 5.41) is 3.37. The minimum Gasteiger partial charge on any atom is -0.317 e. The van der Waals surface area contributed by atoms with Gasteiger partial charge < -0.3 is 5.32 Å². The first-order chi connectivity index (χ1) is 9.75. The van der Waals surface area contributed by atoms with Crippen LogP contribution in [0.5, 0.6) is 0 Å². The standard InChI is InChI=1S/C18H25NO/c1-2-18(10-12-19-13-11-18)17(20)16-8-6-15(7-9-16)14-4-3-5-14/h6-9,14,19H,2-5,10-13H2,1H3. The van der Waals surface area contributed by atoms with Crippen molar-refractivity contribution in [3.8, 4) is 0 Å². The number of Topliss-reactive ketones (excluding diaryl/α,β-unsaturated/α-hetero) is 1. The summed E-state index contributed by atoms with van der Waals surface area (Å²) in [6.45, 7) is 4.10. The van der Waals surface area contributed by atoms with Gasteiger partial charge in [0.1, 0.15) is 0 Å². The lowest BCUT2D eigenvalue weighted by Crippen LogP contribution is -2.41. The van der Waals surface area contributed by atoms with E-state index in [9.17, 15) is 4.79 Å². The number of carbonyl (C=O) groups is 1. The lowest BCUT2D eigenvalue weighted by Gasteiger charge is -2.35. The minimum atomic E-state index is -0.122. The highest BCUT2D eigenvalue weighted by molar-refractivity contribution is 6.00. The summed E-state index contributed by atoms with van der Waals surface area (Å²) in [6, 6.07) is 8.49. The minimum absolute atomic E-state index is 0.122. The van der Waals surface area contributed by atoms with Crippen molar-refractivity contribution in [2.75, 3.05) is 13.1 Å². The zero-order valence-electron chi connectivity index (χ0n) is 12.5. The Labute approximate surface area is 122 Å². The molecule has 0 unspecified atom stereocenters. The highest BCUT2D eigenvalue weighted by Crippen LogP contribution is 2.38. The lowest BCUT2D eigenvalue weighted by atomic mass is 9.71. The summed E-state index contributed by atoms with van der Waals surface area (Å²) >= 11 is 0. The van der Waals surface area contributed by atoms with Crippen LogP contribution in [0.15, 0.2) is 24.3 Å². The van der Waals surface area contributed by atoms with Crippen molar-refractivity contribution in [2.24, 2.45) is 5.41 Å². The number of hydrogen-bond donors (Lipinski definition) is 1. The molecule has 108 valence electrons. The van der Waals surface area contributed by atoms with E-state index in [1.807, 2.05) is 0 Å². The van der Waals surface area contributed by atoms with Gasteiger partial charge in [0.25, 0.3) is 0 Å². The fourth-order valence-corrected chi connectivity index (χ4v) is 3.60. The molecule has 20 heavy (non-hydrogen) atoms. The van der Waals surface area contributed by atoms with E-state index >= 15 is 0 Å². The molecule has 1 aromatic rings. The number of rotatable bonds is 4. The van der Waals surface area contributed by atoms with E-state index in [0.29, 0.717) is 5.78 Å². The second-order valence-corrected chi connectivity index (χ2v) is 6.46. The molecule has 0 amide bonds. The molecule has 1 saturated carbocycles. The zero-order chi connectivity index (χ0) is 14.0. The molecule has 0 aromatic heterocycles. The van der Waals surface area contributed by atoms with Gasteiger partial charge in [-0.25, -0.2) is 0 Å². The van der Waals surface area contributed by atoms with Crippen LogP contribution in [0.4, 0.5) is 0 Å². The third kappa shape index (κ3) is 2.42. The van der Waals surface area contributed by atoms with Gasteiger partial charge in [-0.3, -0.25) is 4.79 Å². The van der Waals surface area contributed by atoms with Crippen LogP contribution in [0.1, 0.15) is 67.3 Å². The Hall–Kier alpha value is -1.15. The Morgan fingerprint density at radius 3 is 2.35 bits per heavy atom. The average Bonchev–Trinajstić information content (AvgIpc) is 2.46. The maximum Gasteiger partial charge on any atom is 0.169 e. The first-order valence-electron chi connectivity index (χ1n) is 8.11. The summed E-state index contributed by atoms with van der Waals surface area (Å²) in [5.74, 6) is 1.11. The fourth-order valence-electron chi connectivity index (χ4n) is 3.60. The average molecular weight is 271 g/mol. The third-order valence-electron chi connectivity index (χ3n) is 5.47. The smallest absolute Gasteiger partial charge is 0.169 e. The molecule has 1 N–H and O–H groups in total. The SMILES string of the molecule is CCC1(C(=O)c2ccc(C3CCC3)cc2)CCNCC1. The van der Waals surface area contributed by atoms with Gasteiger partial charge in [0, 0.05) is 11.0 Å². The van der Waals surface area contributed by atoms with Gasteiger partial charge in [-0.2, -0.15) is 0 Å². The number of ketones is 1. The van der Waals surface area contributed by atoms with E-state index in [1.165, 1.54) is 24.8 Å². The molecule has 2 aliphatic rings. The molecule has 3 rings (SSSR count). The molecular weight excluding hydrogens is 246 g/mol. The Balaban J connectivity index is 1.78. The Morgan fingerprint density at radius 1 is 1.20 bits per heavy atom. The topological polar surface area (TPSA) is 29.1 Å². The van der Waals surface area contributed by atoms with Gasteiger partial charge in [0.2, 0.25) is 0 Å². The summed E-state index contributed by atoms with van der Waals surface area (Å²) < 4.78 is 0. The number of benzene rings is 1. The fraction of sp³-hybridized carbons (Fsp3) is 0.611. The van der Waals surface area contributed by atoms with Gasteiger partial charge in [-0.1, -0.05) is 37.6 Å². The molecule has 0 atom stereocenters. The van der Waals surface area contributed by atoms with Gasteiger partial charge in [0.05, 0.1) is 0 Å². The number of piperidine rings is 1. The van der Waals surface area contributed by atoms with Crippen LogP contribution in [-0.4, -0.2) is 18.9 Å². The molecule has 0 bridgehead atoms. The molecule has 2 heteroatoms. The Morgan fingerprint density at radius 2 is 1.85 bits per heavy atom. The predicted octanol–water partition coefficient (Wildman–Crippen LogP) is 3.92. The first-order valence-corrected chi connectivity index (χ1v) is 8.11. The van der Waals surface area contributed by atoms with Crippen LogP contribution in [0.3, 0.4) is 0 Å². The number of carbonyl (C=O) groups excluding carboxylic acids is 1. The van der Waals surface area contributed by atoms with Crippen LogP contribution in [0, 0.1) is 5.41 Å². The van der Waals surface area contributed by atoms with Crippen molar-refractivity contribution in [3.05, 3.63) is 35.4 Å². The van der Waals surface area contributed by atoms with Gasteiger partial charge in [-0.05, 0) is 56.7 Å². The predicted molar refractivity (Wildman–Crippen MR) is 82.2 cm³/mol. The summed E-state index contributed by atoms with van der Waals surface area (Å²) in [5.41, 5.74) is 2.21. The second kappa shape index (κ2) is 5.69. The van der Waals surface area contributed by atoms with Crippen LogP contribution in [-0.2, 0) is 0 Å². The van der Waals surface area contributed by atoms with Crippen molar-refractivity contribution in [3.63, 3.8) is 0 Å². The monoisotopic (exact) mass is 271 g/mol. The third-order valence-corrected chi connectivity index (χ3v) is 5.47. The number of nitrogens with one attached hydrogen (secondary N) is 1. The zero-order valence-corrected chi connectivity index (χ0v) is 12.5. The van der Waals surface area contributed by atoms with E-state index in [4.69, 9.17) is 0 Å². The molecule has 1 saturated heterocycles. The first kappa shape index (κ1) is 13.8. The van der Waals surface area contributed by atoms with E-state index in [-0.39, 0.29) is 5.41 Å². The van der Waals surface area contributed by atoms with Crippen LogP contribution in [0.25, 0.3) is 0 Å². The summed E-state index contributed by atoms with van der Waals surface area (Å²) in [6.07, 6.45) is 6.91. The molecule has 1 heterocycles. The highest BCUT2D eigenvalue weighted by atomic mass is 16.1. The van der Waals surface area contributed by atoms with E-state index in [1.54, 1.807) is 0 Å². The molecule has 2 fully saturated rings. The van der Waals surface area contributed by atoms with E-state index < -0.39 is 0 Å². The highest BCUT2D eigenvalue weighted by Gasteiger charge is 2.38. The molecular formula is C18H25NO. The summed E-state index contributed by atoms with van der Waals surface area (Å²) in [4.78, 5) is 12.9. The Kier molecular flexibility index (Phi) is 3.93. The van der Waals surface area contributed by atoms with Gasteiger partial charge in [-0.15, -0.1) is 0 Å². The number of hydrogen-bond acceptors (Lipinski definition) is 2. The second-order valence-electron chi connectivity index (χ2n) is 6.46. The molecule has 1 aliphatic carbocycles. The van der Waals surface area contributed by atoms with Crippen LogP contribution < -0.4 is 5.32 Å². The normalized spacial score (nSPS) is 22.2. The van der Waals surface area contributed by atoms with Gasteiger partial charge in [0.15, 0.2) is 5.78 Å². The van der Waals surface area contributed by atoms with Crippen molar-refractivity contribution in [1.29, 1.82) is 0 Å². The van der Waals surface area contributed by atoms with Crippen molar-refractivity contribution < 1.29 is 4.79 Å². The quantitative estimate of drug-likeness (QED) is 0.841. The van der Waals surface area contributed by atoms with E-state index in [2.05, 4.69) is 36.5 Å². The molecule has 0 spiro atoms. The van der Waals surface area contributed by atoms with Crippen LogP contribution >= 0.6 is 0 Å². The largest absolute Gasteiger partial charge is 0.317 e. The van der Waals surface area contributed by atoms with Crippen molar-refractivity contribution >= 4 is 5.78 Å². The Bertz CT molecular complexity index is 467.